The second-order valence-electron chi connectivity index (χ2n) is 6.74. The summed E-state index contributed by atoms with van der Waals surface area (Å²) in [5.41, 5.74) is 4.05. The maximum absolute atomic E-state index is 10.3. The number of thioether (sulfide) groups is 1. The van der Waals surface area contributed by atoms with Crippen LogP contribution in [0.3, 0.4) is 0 Å². The molecule has 0 aromatic carbocycles. The standard InChI is InChI=1S/C16H27NOS/c1-11-8-13-14(9-16(3,4)10-15(13)18)17(11)7-6-12(2)19-5/h8,12,15,18H,6-7,9-10H2,1-5H3. The average Bonchev–Trinajstić information content (AvgIpc) is 2.61. The van der Waals surface area contributed by atoms with Gasteiger partial charge in [-0.3, -0.25) is 0 Å². The molecule has 1 N–H and O–H groups in total. The highest BCUT2D eigenvalue weighted by atomic mass is 32.2. The van der Waals surface area contributed by atoms with Gasteiger partial charge in [0.25, 0.3) is 0 Å². The molecule has 1 aromatic rings. The van der Waals surface area contributed by atoms with Crippen molar-refractivity contribution in [1.82, 2.24) is 4.57 Å². The second-order valence-corrected chi connectivity index (χ2v) is 8.01. The van der Waals surface area contributed by atoms with Crippen LogP contribution in [-0.2, 0) is 13.0 Å². The highest BCUT2D eigenvalue weighted by Gasteiger charge is 2.33. The van der Waals surface area contributed by atoms with Crippen LogP contribution in [-0.4, -0.2) is 21.2 Å². The van der Waals surface area contributed by atoms with Crippen LogP contribution in [0.1, 0.15) is 56.7 Å². The van der Waals surface area contributed by atoms with E-state index in [2.05, 4.69) is 44.6 Å². The normalized spacial score (nSPS) is 23.2. The third-order valence-electron chi connectivity index (χ3n) is 4.36. The summed E-state index contributed by atoms with van der Waals surface area (Å²) < 4.78 is 2.44. The molecule has 2 unspecified atom stereocenters. The van der Waals surface area contributed by atoms with Gasteiger partial charge >= 0.3 is 0 Å². The zero-order chi connectivity index (χ0) is 14.2. The molecule has 3 heteroatoms. The van der Waals surface area contributed by atoms with E-state index < -0.39 is 0 Å². The van der Waals surface area contributed by atoms with Gasteiger partial charge in [0.2, 0.25) is 0 Å². The Morgan fingerprint density at radius 3 is 2.84 bits per heavy atom. The molecule has 2 nitrogen and oxygen atoms in total. The van der Waals surface area contributed by atoms with Crippen LogP contribution in [0.15, 0.2) is 6.07 Å². The Morgan fingerprint density at radius 1 is 1.53 bits per heavy atom. The molecule has 1 aromatic heterocycles. The highest BCUT2D eigenvalue weighted by molar-refractivity contribution is 7.99. The molecule has 108 valence electrons. The van der Waals surface area contributed by atoms with Gasteiger partial charge in [-0.2, -0.15) is 11.8 Å². The van der Waals surface area contributed by atoms with Crippen LogP contribution in [0.2, 0.25) is 0 Å². The molecule has 2 atom stereocenters. The first-order valence-corrected chi connectivity index (χ1v) is 8.52. The fourth-order valence-corrected chi connectivity index (χ4v) is 3.48. The SMILES string of the molecule is CSC(C)CCn1c(C)cc2c1CC(C)(C)CC2O. The van der Waals surface area contributed by atoms with Crippen molar-refractivity contribution in [3.8, 4) is 0 Å². The van der Waals surface area contributed by atoms with Gasteiger partial charge in [0.15, 0.2) is 0 Å². The van der Waals surface area contributed by atoms with Crippen molar-refractivity contribution in [3.63, 3.8) is 0 Å². The number of nitrogens with zero attached hydrogens (tertiary/aromatic N) is 1. The minimum Gasteiger partial charge on any atom is -0.388 e. The van der Waals surface area contributed by atoms with Crippen LogP contribution in [0.25, 0.3) is 0 Å². The molecule has 0 spiro atoms. The predicted molar refractivity (Wildman–Crippen MR) is 83.8 cm³/mol. The topological polar surface area (TPSA) is 25.2 Å². The van der Waals surface area contributed by atoms with Crippen LogP contribution in [0, 0.1) is 12.3 Å². The minimum atomic E-state index is -0.281. The number of aromatic nitrogens is 1. The first-order valence-electron chi connectivity index (χ1n) is 7.24. The Balaban J connectivity index is 2.26. The van der Waals surface area contributed by atoms with Gasteiger partial charge in [-0.25, -0.2) is 0 Å². The van der Waals surface area contributed by atoms with E-state index in [-0.39, 0.29) is 11.5 Å². The number of aryl methyl sites for hydroxylation is 1. The van der Waals surface area contributed by atoms with Gasteiger partial charge in [0.1, 0.15) is 0 Å². The summed E-state index contributed by atoms with van der Waals surface area (Å²) in [5, 5.41) is 11.0. The lowest BCUT2D eigenvalue weighted by atomic mass is 9.75. The minimum absolute atomic E-state index is 0.208. The number of hydrogen-bond acceptors (Lipinski definition) is 2. The number of aliphatic hydroxyl groups is 1. The van der Waals surface area contributed by atoms with Gasteiger partial charge in [0, 0.05) is 28.7 Å². The Hall–Kier alpha value is -0.410. The maximum atomic E-state index is 10.3. The van der Waals surface area contributed by atoms with Crippen LogP contribution < -0.4 is 0 Å². The Morgan fingerprint density at radius 2 is 2.21 bits per heavy atom. The molecule has 0 saturated heterocycles. The van der Waals surface area contributed by atoms with Crippen molar-refractivity contribution in [2.24, 2.45) is 5.41 Å². The molecular formula is C16H27NOS. The van der Waals surface area contributed by atoms with Gasteiger partial charge in [-0.05, 0) is 43.9 Å². The molecule has 0 amide bonds. The van der Waals surface area contributed by atoms with Crippen molar-refractivity contribution in [2.45, 2.75) is 64.9 Å². The molecule has 0 bridgehead atoms. The number of fused-ring (bicyclic) bond motifs is 1. The third-order valence-corrected chi connectivity index (χ3v) is 5.40. The van der Waals surface area contributed by atoms with Crippen LogP contribution in [0.4, 0.5) is 0 Å². The molecule has 0 aliphatic heterocycles. The molecule has 19 heavy (non-hydrogen) atoms. The highest BCUT2D eigenvalue weighted by Crippen LogP contribution is 2.42. The molecule has 0 fully saturated rings. The van der Waals surface area contributed by atoms with Crippen molar-refractivity contribution in [2.75, 3.05) is 6.26 Å². The molecule has 1 heterocycles. The molecule has 1 aliphatic rings. The van der Waals surface area contributed by atoms with Crippen molar-refractivity contribution in [1.29, 1.82) is 0 Å². The summed E-state index contributed by atoms with van der Waals surface area (Å²) in [4.78, 5) is 0. The summed E-state index contributed by atoms with van der Waals surface area (Å²) in [7, 11) is 0. The Kier molecular flexibility index (Phi) is 4.36. The van der Waals surface area contributed by atoms with Crippen LogP contribution in [0.5, 0.6) is 0 Å². The molecule has 2 rings (SSSR count). The van der Waals surface area contributed by atoms with Gasteiger partial charge in [0.05, 0.1) is 6.10 Å². The lowest BCUT2D eigenvalue weighted by molar-refractivity contribution is 0.0979. The summed E-state index contributed by atoms with van der Waals surface area (Å²) in [6.07, 6.45) is 5.05. The van der Waals surface area contributed by atoms with E-state index in [1.807, 2.05) is 11.8 Å². The summed E-state index contributed by atoms with van der Waals surface area (Å²) >= 11 is 1.93. The first-order chi connectivity index (χ1) is 8.84. The van der Waals surface area contributed by atoms with Gasteiger partial charge < -0.3 is 9.67 Å². The van der Waals surface area contributed by atoms with Crippen molar-refractivity contribution >= 4 is 11.8 Å². The van der Waals surface area contributed by atoms with E-state index in [0.29, 0.717) is 5.25 Å². The van der Waals surface area contributed by atoms with E-state index in [1.165, 1.54) is 23.4 Å². The summed E-state index contributed by atoms with van der Waals surface area (Å²) in [6.45, 7) is 10.1. The van der Waals surface area contributed by atoms with E-state index >= 15 is 0 Å². The van der Waals surface area contributed by atoms with E-state index in [1.54, 1.807) is 0 Å². The fourth-order valence-electron chi connectivity index (χ4n) is 3.14. The monoisotopic (exact) mass is 281 g/mol. The van der Waals surface area contributed by atoms with Crippen molar-refractivity contribution in [3.05, 3.63) is 23.0 Å². The zero-order valence-corrected chi connectivity index (χ0v) is 13.7. The van der Waals surface area contributed by atoms with E-state index in [0.717, 1.165) is 19.4 Å². The van der Waals surface area contributed by atoms with Gasteiger partial charge in [-0.15, -0.1) is 0 Å². The number of aliphatic hydroxyl groups excluding tert-OH is 1. The Bertz CT molecular complexity index is 450. The smallest absolute Gasteiger partial charge is 0.0812 e. The van der Waals surface area contributed by atoms with E-state index in [4.69, 9.17) is 0 Å². The van der Waals surface area contributed by atoms with E-state index in [9.17, 15) is 5.11 Å². The quantitative estimate of drug-likeness (QED) is 0.904. The lowest BCUT2D eigenvalue weighted by Crippen LogP contribution is -2.27. The Labute approximate surface area is 121 Å². The average molecular weight is 281 g/mol. The van der Waals surface area contributed by atoms with Crippen LogP contribution >= 0.6 is 11.8 Å². The fraction of sp³-hybridized carbons (Fsp3) is 0.750. The van der Waals surface area contributed by atoms with Gasteiger partial charge in [-0.1, -0.05) is 20.8 Å². The molecule has 0 saturated carbocycles. The predicted octanol–water partition coefficient (Wildman–Crippen LogP) is 3.94. The molecule has 1 aliphatic carbocycles. The third kappa shape index (κ3) is 3.19. The molecule has 0 radical (unpaired) electrons. The summed E-state index contributed by atoms with van der Waals surface area (Å²) in [5.74, 6) is 0. The lowest BCUT2D eigenvalue weighted by Gasteiger charge is -2.34. The maximum Gasteiger partial charge on any atom is 0.0812 e. The largest absolute Gasteiger partial charge is 0.388 e. The number of rotatable bonds is 4. The zero-order valence-electron chi connectivity index (χ0n) is 12.9. The first kappa shape index (κ1) is 15.0. The number of hydrogen-bond donors (Lipinski definition) is 1. The molecular weight excluding hydrogens is 254 g/mol. The summed E-state index contributed by atoms with van der Waals surface area (Å²) in [6, 6.07) is 2.19. The van der Waals surface area contributed by atoms with Crippen molar-refractivity contribution < 1.29 is 5.11 Å². The second kappa shape index (κ2) is 5.53.